The molecule has 0 saturated carbocycles. The first-order valence-corrected chi connectivity index (χ1v) is 7.21. The smallest absolute Gasteiger partial charge is 0.254 e. The number of likely N-dealkylation sites (N-methyl/N-ethyl adjacent to an activating group) is 1. The zero-order valence-electron chi connectivity index (χ0n) is 12.5. The molecular formula is C15H23N3O2. The Morgan fingerprint density at radius 2 is 2.35 bits per heavy atom. The number of ether oxygens (including phenoxy) is 1. The van der Waals surface area contributed by atoms with Gasteiger partial charge < -0.3 is 15.0 Å². The summed E-state index contributed by atoms with van der Waals surface area (Å²) in [5.41, 5.74) is 1.52. The molecule has 0 aliphatic carbocycles. The van der Waals surface area contributed by atoms with Crippen molar-refractivity contribution in [2.75, 3.05) is 32.1 Å². The molecule has 1 aromatic rings. The lowest BCUT2D eigenvalue weighted by molar-refractivity contribution is 0.0539. The minimum atomic E-state index is 0.0463. The molecule has 5 heteroatoms. The first kappa shape index (κ1) is 14.8. The van der Waals surface area contributed by atoms with Crippen LogP contribution in [0.2, 0.25) is 0 Å². The first-order chi connectivity index (χ1) is 9.63. The molecule has 2 heterocycles. The number of amides is 1. The van der Waals surface area contributed by atoms with Crippen molar-refractivity contribution in [2.45, 2.75) is 32.8 Å². The van der Waals surface area contributed by atoms with Crippen LogP contribution in [0.15, 0.2) is 12.1 Å². The lowest BCUT2D eigenvalue weighted by Gasteiger charge is -2.24. The monoisotopic (exact) mass is 277 g/mol. The molecule has 0 aromatic carbocycles. The topological polar surface area (TPSA) is 54.5 Å². The summed E-state index contributed by atoms with van der Waals surface area (Å²) in [6.45, 7) is 6.07. The molecule has 1 N–H and O–H groups in total. The van der Waals surface area contributed by atoms with E-state index in [0.717, 1.165) is 31.0 Å². The number of nitrogens with zero attached hydrogens (tertiary/aromatic N) is 2. The van der Waals surface area contributed by atoms with Gasteiger partial charge >= 0.3 is 0 Å². The van der Waals surface area contributed by atoms with Gasteiger partial charge in [-0.1, -0.05) is 0 Å². The van der Waals surface area contributed by atoms with Crippen molar-refractivity contribution < 1.29 is 9.53 Å². The highest BCUT2D eigenvalue weighted by molar-refractivity contribution is 5.95. The SMILES string of the molecule is CCN(CC1CCCO1)C(=O)c1cc(C)nc(NC)c1. The second kappa shape index (κ2) is 6.70. The third-order valence-corrected chi connectivity index (χ3v) is 3.57. The Balaban J connectivity index is 2.12. The van der Waals surface area contributed by atoms with E-state index < -0.39 is 0 Å². The number of hydrogen-bond acceptors (Lipinski definition) is 4. The Bertz CT molecular complexity index is 470. The fraction of sp³-hybridized carbons (Fsp3) is 0.600. The van der Waals surface area contributed by atoms with Gasteiger partial charge in [-0.05, 0) is 38.8 Å². The zero-order valence-corrected chi connectivity index (χ0v) is 12.5. The highest BCUT2D eigenvalue weighted by Crippen LogP contribution is 2.16. The van der Waals surface area contributed by atoms with Crippen LogP contribution in [0, 0.1) is 6.92 Å². The van der Waals surface area contributed by atoms with Crippen LogP contribution in [-0.2, 0) is 4.74 Å². The van der Waals surface area contributed by atoms with Crippen LogP contribution < -0.4 is 5.32 Å². The lowest BCUT2D eigenvalue weighted by Crippen LogP contribution is -2.37. The van der Waals surface area contributed by atoms with Crippen LogP contribution in [0.4, 0.5) is 5.82 Å². The van der Waals surface area contributed by atoms with Crippen molar-refractivity contribution in [1.82, 2.24) is 9.88 Å². The third-order valence-electron chi connectivity index (χ3n) is 3.57. The van der Waals surface area contributed by atoms with Crippen LogP contribution in [0.25, 0.3) is 0 Å². The van der Waals surface area contributed by atoms with Crippen molar-refractivity contribution in [2.24, 2.45) is 0 Å². The van der Waals surface area contributed by atoms with Crippen molar-refractivity contribution in [3.8, 4) is 0 Å². The van der Waals surface area contributed by atoms with Gasteiger partial charge in [-0.15, -0.1) is 0 Å². The number of hydrogen-bond donors (Lipinski definition) is 1. The number of pyridine rings is 1. The van der Waals surface area contributed by atoms with Gasteiger partial charge in [0.1, 0.15) is 5.82 Å². The summed E-state index contributed by atoms with van der Waals surface area (Å²) in [5, 5.41) is 2.99. The minimum absolute atomic E-state index is 0.0463. The zero-order chi connectivity index (χ0) is 14.5. The predicted molar refractivity (Wildman–Crippen MR) is 79.1 cm³/mol. The van der Waals surface area contributed by atoms with Crippen LogP contribution in [-0.4, -0.2) is 48.6 Å². The number of anilines is 1. The number of nitrogens with one attached hydrogen (secondary N) is 1. The molecule has 1 atom stereocenters. The lowest BCUT2D eigenvalue weighted by atomic mass is 10.1. The third kappa shape index (κ3) is 3.48. The summed E-state index contributed by atoms with van der Waals surface area (Å²) in [4.78, 5) is 18.8. The normalized spacial score (nSPS) is 18.1. The molecule has 1 saturated heterocycles. The molecule has 5 nitrogen and oxygen atoms in total. The molecule has 1 aromatic heterocycles. The molecule has 1 amide bonds. The highest BCUT2D eigenvalue weighted by Gasteiger charge is 2.22. The highest BCUT2D eigenvalue weighted by atomic mass is 16.5. The number of carbonyl (C=O) groups excluding carboxylic acids is 1. The summed E-state index contributed by atoms with van der Waals surface area (Å²) < 4.78 is 5.62. The Morgan fingerprint density at radius 1 is 1.55 bits per heavy atom. The summed E-state index contributed by atoms with van der Waals surface area (Å²) in [6.07, 6.45) is 2.32. The Kier molecular flexibility index (Phi) is 4.95. The second-order valence-electron chi connectivity index (χ2n) is 5.11. The average Bonchev–Trinajstić information content (AvgIpc) is 2.96. The van der Waals surface area contributed by atoms with Gasteiger partial charge in [0.15, 0.2) is 0 Å². The van der Waals surface area contributed by atoms with Crippen molar-refractivity contribution in [3.05, 3.63) is 23.4 Å². The van der Waals surface area contributed by atoms with E-state index in [1.165, 1.54) is 0 Å². The van der Waals surface area contributed by atoms with Crippen LogP contribution in [0.5, 0.6) is 0 Å². The first-order valence-electron chi connectivity index (χ1n) is 7.21. The van der Waals surface area contributed by atoms with Gasteiger partial charge in [0.2, 0.25) is 0 Å². The Hall–Kier alpha value is -1.62. The van der Waals surface area contributed by atoms with Gasteiger partial charge in [-0.25, -0.2) is 4.98 Å². The van der Waals surface area contributed by atoms with Crippen LogP contribution in [0.1, 0.15) is 35.8 Å². The molecule has 0 radical (unpaired) electrons. The predicted octanol–water partition coefficient (Wildman–Crippen LogP) is 2.07. The Morgan fingerprint density at radius 3 is 2.95 bits per heavy atom. The summed E-state index contributed by atoms with van der Waals surface area (Å²) >= 11 is 0. The van der Waals surface area contributed by atoms with E-state index in [1.807, 2.05) is 24.8 Å². The standard InChI is InChI=1S/C15H23N3O2/c1-4-18(10-13-6-5-7-20-13)15(19)12-8-11(2)17-14(9-12)16-3/h8-9,13H,4-7,10H2,1-3H3,(H,16,17). The summed E-state index contributed by atoms with van der Waals surface area (Å²) in [5.74, 6) is 0.770. The maximum Gasteiger partial charge on any atom is 0.254 e. The molecule has 0 bridgehead atoms. The van der Waals surface area contributed by atoms with Gasteiger partial charge in [0, 0.05) is 38.0 Å². The average molecular weight is 277 g/mol. The Labute approximate surface area is 120 Å². The van der Waals surface area contributed by atoms with E-state index in [1.54, 1.807) is 13.1 Å². The second-order valence-corrected chi connectivity index (χ2v) is 5.11. The van der Waals surface area contributed by atoms with Gasteiger partial charge in [-0.3, -0.25) is 4.79 Å². The molecule has 20 heavy (non-hydrogen) atoms. The van der Waals surface area contributed by atoms with Gasteiger partial charge in [-0.2, -0.15) is 0 Å². The quantitative estimate of drug-likeness (QED) is 0.895. The number of aryl methyl sites for hydroxylation is 1. The van der Waals surface area contributed by atoms with E-state index >= 15 is 0 Å². The molecule has 1 fully saturated rings. The summed E-state index contributed by atoms with van der Waals surface area (Å²) in [7, 11) is 1.81. The van der Waals surface area contributed by atoms with Crippen LogP contribution >= 0.6 is 0 Å². The van der Waals surface area contributed by atoms with Crippen molar-refractivity contribution in [1.29, 1.82) is 0 Å². The number of carbonyl (C=O) groups is 1. The van der Waals surface area contributed by atoms with Crippen molar-refractivity contribution in [3.63, 3.8) is 0 Å². The number of aromatic nitrogens is 1. The fourth-order valence-corrected chi connectivity index (χ4v) is 2.49. The maximum atomic E-state index is 12.6. The van der Waals surface area contributed by atoms with E-state index in [4.69, 9.17) is 4.74 Å². The molecular weight excluding hydrogens is 254 g/mol. The van der Waals surface area contributed by atoms with E-state index in [-0.39, 0.29) is 12.0 Å². The minimum Gasteiger partial charge on any atom is -0.376 e. The molecule has 1 aliphatic heterocycles. The van der Waals surface area contributed by atoms with E-state index in [9.17, 15) is 4.79 Å². The fourth-order valence-electron chi connectivity index (χ4n) is 2.49. The molecule has 1 aliphatic rings. The molecule has 0 spiro atoms. The van der Waals surface area contributed by atoms with Gasteiger partial charge in [0.05, 0.1) is 6.10 Å². The molecule has 1 unspecified atom stereocenters. The molecule has 2 rings (SSSR count). The molecule has 110 valence electrons. The van der Waals surface area contributed by atoms with E-state index in [2.05, 4.69) is 10.3 Å². The van der Waals surface area contributed by atoms with E-state index in [0.29, 0.717) is 18.7 Å². The maximum absolute atomic E-state index is 12.6. The summed E-state index contributed by atoms with van der Waals surface area (Å²) in [6, 6.07) is 3.63. The number of rotatable bonds is 5. The van der Waals surface area contributed by atoms with Crippen molar-refractivity contribution >= 4 is 11.7 Å². The largest absolute Gasteiger partial charge is 0.376 e. The van der Waals surface area contributed by atoms with Crippen LogP contribution in [0.3, 0.4) is 0 Å². The van der Waals surface area contributed by atoms with Gasteiger partial charge in [0.25, 0.3) is 5.91 Å².